The van der Waals surface area contributed by atoms with E-state index in [9.17, 15) is 8.42 Å². The van der Waals surface area contributed by atoms with Crippen molar-refractivity contribution in [2.75, 3.05) is 30.3 Å². The second kappa shape index (κ2) is 7.51. The highest BCUT2D eigenvalue weighted by Gasteiger charge is 2.30. The summed E-state index contributed by atoms with van der Waals surface area (Å²) < 4.78 is 26.3. The molecule has 1 aliphatic rings. The number of nitrogens with two attached hydrogens (primary N) is 1. The van der Waals surface area contributed by atoms with Gasteiger partial charge in [0, 0.05) is 29.4 Å². The lowest BCUT2D eigenvalue weighted by Crippen LogP contribution is -2.31. The Balaban J connectivity index is 1.80. The van der Waals surface area contributed by atoms with Crippen molar-refractivity contribution in [1.29, 1.82) is 0 Å². The van der Waals surface area contributed by atoms with E-state index in [0.717, 1.165) is 29.8 Å². The van der Waals surface area contributed by atoms with E-state index in [1.54, 1.807) is 16.1 Å². The molecule has 118 valence electrons. The van der Waals surface area contributed by atoms with Crippen LogP contribution in [0.2, 0.25) is 0 Å². The van der Waals surface area contributed by atoms with Gasteiger partial charge in [0.15, 0.2) is 0 Å². The van der Waals surface area contributed by atoms with Crippen LogP contribution in [0.1, 0.15) is 26.2 Å². The van der Waals surface area contributed by atoms with Gasteiger partial charge in [-0.1, -0.05) is 13.3 Å². The molecule has 1 heterocycles. The molecule has 0 bridgehead atoms. The minimum absolute atomic E-state index is 0.209. The number of nitrogen functional groups attached to an aromatic ring is 1. The van der Waals surface area contributed by atoms with Crippen molar-refractivity contribution < 1.29 is 8.42 Å². The third kappa shape index (κ3) is 4.90. The van der Waals surface area contributed by atoms with E-state index in [1.165, 1.54) is 0 Å². The molecule has 1 fully saturated rings. The van der Waals surface area contributed by atoms with Crippen LogP contribution in [0.15, 0.2) is 29.2 Å². The van der Waals surface area contributed by atoms with Crippen LogP contribution in [0.5, 0.6) is 0 Å². The first kappa shape index (κ1) is 16.6. The van der Waals surface area contributed by atoms with Crippen molar-refractivity contribution in [3.63, 3.8) is 0 Å². The molecule has 1 unspecified atom stereocenters. The van der Waals surface area contributed by atoms with Crippen LogP contribution in [0, 0.1) is 5.92 Å². The van der Waals surface area contributed by atoms with Gasteiger partial charge in [-0.25, -0.2) is 12.7 Å². The number of hydrogen-bond donors (Lipinski definition) is 1. The van der Waals surface area contributed by atoms with Crippen LogP contribution in [-0.4, -0.2) is 37.3 Å². The molecular weight excluding hydrogens is 304 g/mol. The number of nitrogens with zero attached hydrogens (tertiary/aromatic N) is 1. The van der Waals surface area contributed by atoms with Crippen LogP contribution in [0.25, 0.3) is 0 Å². The second-order valence-corrected chi connectivity index (χ2v) is 8.79. The minimum Gasteiger partial charge on any atom is -0.399 e. The number of benzene rings is 1. The topological polar surface area (TPSA) is 63.4 Å². The fourth-order valence-corrected chi connectivity index (χ4v) is 5.47. The number of anilines is 1. The Kier molecular flexibility index (Phi) is 5.96. The summed E-state index contributed by atoms with van der Waals surface area (Å²) in [6.07, 6.45) is 3.27. The quantitative estimate of drug-likeness (QED) is 0.617. The van der Waals surface area contributed by atoms with Crippen LogP contribution in [0.4, 0.5) is 5.69 Å². The van der Waals surface area contributed by atoms with Crippen molar-refractivity contribution in [1.82, 2.24) is 4.31 Å². The summed E-state index contributed by atoms with van der Waals surface area (Å²) in [6, 6.07) is 7.54. The van der Waals surface area contributed by atoms with Crippen LogP contribution >= 0.6 is 11.8 Å². The molecular formula is C15H24N2O2S2. The predicted octanol–water partition coefficient (Wildman–Crippen LogP) is 2.81. The van der Waals surface area contributed by atoms with Gasteiger partial charge < -0.3 is 5.73 Å². The predicted molar refractivity (Wildman–Crippen MR) is 90.0 cm³/mol. The van der Waals surface area contributed by atoms with Gasteiger partial charge >= 0.3 is 0 Å². The van der Waals surface area contributed by atoms with Crippen LogP contribution < -0.4 is 5.73 Å². The van der Waals surface area contributed by atoms with Gasteiger partial charge in [-0.2, -0.15) is 0 Å². The first-order chi connectivity index (χ1) is 10.0. The summed E-state index contributed by atoms with van der Waals surface area (Å²) in [7, 11) is -3.10. The van der Waals surface area contributed by atoms with Crippen molar-refractivity contribution in [2.45, 2.75) is 31.1 Å². The molecule has 0 aliphatic carbocycles. The van der Waals surface area contributed by atoms with Gasteiger partial charge in [-0.15, -0.1) is 11.8 Å². The lowest BCUT2D eigenvalue weighted by molar-refractivity contribution is 0.445. The van der Waals surface area contributed by atoms with E-state index in [0.29, 0.717) is 24.8 Å². The minimum atomic E-state index is -3.10. The summed E-state index contributed by atoms with van der Waals surface area (Å²) in [4.78, 5) is 1.06. The lowest BCUT2D eigenvalue weighted by Gasteiger charge is -2.16. The lowest BCUT2D eigenvalue weighted by atomic mass is 10.0. The van der Waals surface area contributed by atoms with E-state index in [2.05, 4.69) is 6.92 Å². The molecule has 1 aromatic carbocycles. The fraction of sp³-hybridized carbons (Fsp3) is 0.600. The molecule has 21 heavy (non-hydrogen) atoms. The van der Waals surface area contributed by atoms with Crippen molar-refractivity contribution in [3.8, 4) is 0 Å². The van der Waals surface area contributed by atoms with Gasteiger partial charge in [0.25, 0.3) is 0 Å². The molecule has 0 saturated carbocycles. The molecule has 0 radical (unpaired) electrons. The Morgan fingerprint density at radius 3 is 2.71 bits per heavy atom. The summed E-state index contributed by atoms with van der Waals surface area (Å²) >= 11 is 1.56. The third-order valence-electron chi connectivity index (χ3n) is 3.83. The molecule has 1 aliphatic heterocycles. The SMILES string of the molecule is CCCC1CCN(S(=O)(=O)CCSc2ccc(N)cc2)C1. The second-order valence-electron chi connectivity index (χ2n) is 5.53. The Hall–Kier alpha value is -0.720. The zero-order chi connectivity index (χ0) is 15.3. The summed E-state index contributed by atoms with van der Waals surface area (Å²) in [5, 5.41) is 0. The number of rotatable bonds is 7. The van der Waals surface area contributed by atoms with Crippen LogP contribution in [0.3, 0.4) is 0 Å². The molecule has 1 atom stereocenters. The highest BCUT2D eigenvalue weighted by atomic mass is 32.2. The Morgan fingerprint density at radius 2 is 2.05 bits per heavy atom. The maximum Gasteiger partial charge on any atom is 0.214 e. The average molecular weight is 329 g/mol. The largest absolute Gasteiger partial charge is 0.399 e. The van der Waals surface area contributed by atoms with Crippen molar-refractivity contribution >= 4 is 27.5 Å². The molecule has 2 rings (SSSR count). The zero-order valence-electron chi connectivity index (χ0n) is 12.5. The molecule has 1 aromatic rings. The highest BCUT2D eigenvalue weighted by molar-refractivity contribution is 8.00. The average Bonchev–Trinajstić information content (AvgIpc) is 2.91. The number of thioether (sulfide) groups is 1. The van der Waals surface area contributed by atoms with E-state index < -0.39 is 10.0 Å². The molecule has 0 amide bonds. The van der Waals surface area contributed by atoms with Gasteiger partial charge in [-0.3, -0.25) is 0 Å². The van der Waals surface area contributed by atoms with Gasteiger partial charge in [0.2, 0.25) is 10.0 Å². The standard InChI is InChI=1S/C15H24N2O2S2/c1-2-3-13-8-9-17(12-13)21(18,19)11-10-20-15-6-4-14(16)5-7-15/h4-7,13H,2-3,8-12,16H2,1H3. The first-order valence-electron chi connectivity index (χ1n) is 7.47. The molecule has 4 nitrogen and oxygen atoms in total. The Bertz CT molecular complexity index is 543. The van der Waals surface area contributed by atoms with E-state index in [4.69, 9.17) is 5.73 Å². The molecule has 0 aromatic heterocycles. The normalized spacial score (nSPS) is 20.0. The van der Waals surface area contributed by atoms with Crippen LogP contribution in [-0.2, 0) is 10.0 Å². The number of hydrogen-bond acceptors (Lipinski definition) is 4. The first-order valence-corrected chi connectivity index (χ1v) is 10.1. The van der Waals surface area contributed by atoms with Gasteiger partial charge in [0.05, 0.1) is 5.75 Å². The van der Waals surface area contributed by atoms with Crippen molar-refractivity contribution in [2.24, 2.45) is 5.92 Å². The summed E-state index contributed by atoms with van der Waals surface area (Å²) in [6.45, 7) is 3.56. The fourth-order valence-electron chi connectivity index (χ4n) is 2.65. The van der Waals surface area contributed by atoms with E-state index in [-0.39, 0.29) is 5.75 Å². The van der Waals surface area contributed by atoms with E-state index >= 15 is 0 Å². The molecule has 2 N–H and O–H groups in total. The van der Waals surface area contributed by atoms with E-state index in [1.807, 2.05) is 24.3 Å². The highest BCUT2D eigenvalue weighted by Crippen LogP contribution is 2.25. The molecule has 1 saturated heterocycles. The Morgan fingerprint density at radius 1 is 1.33 bits per heavy atom. The Labute approximate surface area is 132 Å². The summed E-state index contributed by atoms with van der Waals surface area (Å²) in [5.74, 6) is 1.34. The maximum atomic E-state index is 12.3. The zero-order valence-corrected chi connectivity index (χ0v) is 14.1. The van der Waals surface area contributed by atoms with Crippen molar-refractivity contribution in [3.05, 3.63) is 24.3 Å². The van der Waals surface area contributed by atoms with Gasteiger partial charge in [0.1, 0.15) is 0 Å². The smallest absolute Gasteiger partial charge is 0.214 e. The summed E-state index contributed by atoms with van der Waals surface area (Å²) in [5.41, 5.74) is 6.36. The molecule has 6 heteroatoms. The maximum absolute atomic E-state index is 12.3. The number of sulfonamides is 1. The monoisotopic (exact) mass is 328 g/mol. The van der Waals surface area contributed by atoms with Gasteiger partial charge in [-0.05, 0) is 43.0 Å². The third-order valence-corrected chi connectivity index (χ3v) is 6.94. The molecule has 0 spiro atoms.